The summed E-state index contributed by atoms with van der Waals surface area (Å²) in [5, 5.41) is 0. The summed E-state index contributed by atoms with van der Waals surface area (Å²) in [4.78, 5) is 36.3. The highest BCUT2D eigenvalue weighted by molar-refractivity contribution is 5.93. The number of hydrogen-bond acceptors (Lipinski definition) is 6. The SMILES string of the molecule is Cc1cccc2oc(C(=O)N3CCN(C(=O)Oc4cccnc4)CC3)nc12. The van der Waals surface area contributed by atoms with Crippen LogP contribution in [-0.2, 0) is 0 Å². The zero-order valence-corrected chi connectivity index (χ0v) is 14.8. The monoisotopic (exact) mass is 366 g/mol. The topological polar surface area (TPSA) is 88.8 Å². The molecule has 0 aliphatic carbocycles. The molecule has 1 fully saturated rings. The van der Waals surface area contributed by atoms with Crippen molar-refractivity contribution in [3.05, 3.63) is 54.2 Å². The van der Waals surface area contributed by atoms with Crippen LogP contribution in [0.15, 0.2) is 47.1 Å². The number of carbonyl (C=O) groups is 2. The number of benzene rings is 1. The van der Waals surface area contributed by atoms with Crippen LogP contribution in [0.2, 0.25) is 0 Å². The highest BCUT2D eigenvalue weighted by Gasteiger charge is 2.28. The number of amides is 2. The van der Waals surface area contributed by atoms with Crippen molar-refractivity contribution < 1.29 is 18.7 Å². The van der Waals surface area contributed by atoms with Crippen LogP contribution in [0.5, 0.6) is 5.75 Å². The molecule has 0 N–H and O–H groups in total. The molecule has 0 saturated carbocycles. The van der Waals surface area contributed by atoms with E-state index < -0.39 is 6.09 Å². The Morgan fingerprint density at radius 2 is 1.85 bits per heavy atom. The molecule has 1 aromatic carbocycles. The second-order valence-electron chi connectivity index (χ2n) is 6.28. The molecule has 4 rings (SSSR count). The van der Waals surface area contributed by atoms with Gasteiger partial charge in [0.15, 0.2) is 11.3 Å². The molecule has 138 valence electrons. The normalized spacial score (nSPS) is 14.4. The van der Waals surface area contributed by atoms with Crippen molar-refractivity contribution in [3.63, 3.8) is 0 Å². The number of carbonyl (C=O) groups excluding carboxylic acids is 2. The highest BCUT2D eigenvalue weighted by Crippen LogP contribution is 2.20. The number of para-hydroxylation sites is 1. The molecule has 27 heavy (non-hydrogen) atoms. The fourth-order valence-electron chi connectivity index (χ4n) is 2.98. The number of ether oxygens (including phenoxy) is 1. The van der Waals surface area contributed by atoms with Crippen molar-refractivity contribution >= 4 is 23.1 Å². The number of oxazole rings is 1. The Hall–Kier alpha value is -3.42. The maximum atomic E-state index is 12.7. The summed E-state index contributed by atoms with van der Waals surface area (Å²) in [6.45, 7) is 3.46. The van der Waals surface area contributed by atoms with Gasteiger partial charge in [-0.05, 0) is 30.7 Å². The molecule has 8 nitrogen and oxygen atoms in total. The van der Waals surface area contributed by atoms with Gasteiger partial charge in [-0.15, -0.1) is 0 Å². The van der Waals surface area contributed by atoms with Crippen LogP contribution in [0.1, 0.15) is 16.2 Å². The lowest BCUT2D eigenvalue weighted by molar-refractivity contribution is 0.0599. The van der Waals surface area contributed by atoms with Crippen molar-refractivity contribution in [1.82, 2.24) is 19.8 Å². The van der Waals surface area contributed by atoms with Crippen LogP contribution in [0.3, 0.4) is 0 Å². The molecule has 2 amide bonds. The number of aryl methyl sites for hydroxylation is 1. The summed E-state index contributed by atoms with van der Waals surface area (Å²) in [5.74, 6) is 0.194. The van der Waals surface area contributed by atoms with Gasteiger partial charge in [0.25, 0.3) is 5.89 Å². The Bertz CT molecular complexity index is 978. The van der Waals surface area contributed by atoms with Gasteiger partial charge in [0.2, 0.25) is 0 Å². The van der Waals surface area contributed by atoms with Crippen molar-refractivity contribution in [2.75, 3.05) is 26.2 Å². The van der Waals surface area contributed by atoms with Gasteiger partial charge >= 0.3 is 12.0 Å². The number of pyridine rings is 1. The Kier molecular flexibility index (Phi) is 4.45. The minimum atomic E-state index is -0.451. The quantitative estimate of drug-likeness (QED) is 0.692. The highest BCUT2D eigenvalue weighted by atomic mass is 16.6. The van der Waals surface area contributed by atoms with Crippen molar-refractivity contribution in [1.29, 1.82) is 0 Å². The molecule has 1 aliphatic rings. The average molecular weight is 366 g/mol. The van der Waals surface area contributed by atoms with Crippen LogP contribution in [0, 0.1) is 6.92 Å². The molecular weight excluding hydrogens is 348 g/mol. The standard InChI is InChI=1S/C19H18N4O4/c1-13-4-2-6-15-16(13)21-17(27-15)18(24)22-8-10-23(11-9-22)19(25)26-14-5-3-7-20-12-14/h2-7,12H,8-11H2,1H3. The summed E-state index contributed by atoms with van der Waals surface area (Å²) >= 11 is 0. The van der Waals surface area contributed by atoms with E-state index in [4.69, 9.17) is 9.15 Å². The molecule has 0 spiro atoms. The average Bonchev–Trinajstić information content (AvgIpc) is 3.14. The van der Waals surface area contributed by atoms with Gasteiger partial charge in [0, 0.05) is 32.4 Å². The third-order valence-corrected chi connectivity index (χ3v) is 4.47. The molecule has 3 heterocycles. The largest absolute Gasteiger partial charge is 0.432 e. The number of hydrogen-bond donors (Lipinski definition) is 0. The molecular formula is C19H18N4O4. The van der Waals surface area contributed by atoms with Crippen LogP contribution < -0.4 is 4.74 Å². The predicted molar refractivity (Wildman–Crippen MR) is 96.5 cm³/mol. The van der Waals surface area contributed by atoms with Crippen molar-refractivity contribution in [3.8, 4) is 5.75 Å². The number of piperazine rings is 1. The number of aromatic nitrogens is 2. The summed E-state index contributed by atoms with van der Waals surface area (Å²) in [6.07, 6.45) is 2.63. The van der Waals surface area contributed by atoms with E-state index in [9.17, 15) is 9.59 Å². The van der Waals surface area contributed by atoms with E-state index >= 15 is 0 Å². The number of rotatable bonds is 2. The van der Waals surface area contributed by atoms with Gasteiger partial charge in [0.1, 0.15) is 5.52 Å². The first-order chi connectivity index (χ1) is 13.1. The van der Waals surface area contributed by atoms with Crippen LogP contribution in [0.25, 0.3) is 11.1 Å². The van der Waals surface area contributed by atoms with E-state index in [1.165, 1.54) is 6.20 Å². The molecule has 0 atom stereocenters. The van der Waals surface area contributed by atoms with Crippen LogP contribution in [0.4, 0.5) is 4.79 Å². The van der Waals surface area contributed by atoms with Gasteiger partial charge in [-0.25, -0.2) is 9.78 Å². The first-order valence-corrected chi connectivity index (χ1v) is 8.64. The molecule has 1 aliphatic heterocycles. The molecule has 2 aromatic heterocycles. The minimum absolute atomic E-state index is 0.0747. The molecule has 0 radical (unpaired) electrons. The van der Waals surface area contributed by atoms with Gasteiger partial charge in [-0.1, -0.05) is 12.1 Å². The maximum Gasteiger partial charge on any atom is 0.415 e. The second-order valence-corrected chi connectivity index (χ2v) is 6.28. The lowest BCUT2D eigenvalue weighted by Gasteiger charge is -2.33. The van der Waals surface area contributed by atoms with E-state index in [1.54, 1.807) is 34.2 Å². The zero-order chi connectivity index (χ0) is 18.8. The van der Waals surface area contributed by atoms with Crippen LogP contribution in [-0.4, -0.2) is 57.9 Å². The van der Waals surface area contributed by atoms with Gasteiger partial charge in [-0.2, -0.15) is 0 Å². The maximum absolute atomic E-state index is 12.7. The minimum Gasteiger partial charge on any atom is -0.432 e. The van der Waals surface area contributed by atoms with Crippen molar-refractivity contribution in [2.24, 2.45) is 0 Å². The third kappa shape index (κ3) is 3.46. The molecule has 8 heteroatoms. The number of nitrogens with zero attached hydrogens (tertiary/aromatic N) is 4. The van der Waals surface area contributed by atoms with E-state index in [2.05, 4.69) is 9.97 Å². The lowest BCUT2D eigenvalue weighted by atomic mass is 10.2. The number of fused-ring (bicyclic) bond motifs is 1. The summed E-state index contributed by atoms with van der Waals surface area (Å²) in [6, 6.07) is 8.94. The summed E-state index contributed by atoms with van der Waals surface area (Å²) < 4.78 is 10.9. The molecule has 0 bridgehead atoms. The Balaban J connectivity index is 1.39. The second kappa shape index (κ2) is 7.06. The first kappa shape index (κ1) is 17.0. The van der Waals surface area contributed by atoms with Gasteiger partial charge in [0.05, 0.1) is 6.20 Å². The zero-order valence-electron chi connectivity index (χ0n) is 14.8. The third-order valence-electron chi connectivity index (χ3n) is 4.47. The Labute approximate surface area is 155 Å². The van der Waals surface area contributed by atoms with E-state index in [0.29, 0.717) is 43.0 Å². The summed E-state index contributed by atoms with van der Waals surface area (Å²) in [5.41, 5.74) is 2.25. The Morgan fingerprint density at radius 3 is 2.56 bits per heavy atom. The molecule has 3 aromatic rings. The first-order valence-electron chi connectivity index (χ1n) is 8.64. The smallest absolute Gasteiger partial charge is 0.415 e. The lowest BCUT2D eigenvalue weighted by Crippen LogP contribution is -2.51. The Morgan fingerprint density at radius 1 is 1.07 bits per heavy atom. The molecule has 0 unspecified atom stereocenters. The fraction of sp³-hybridized carbons (Fsp3) is 0.263. The van der Waals surface area contributed by atoms with Crippen molar-refractivity contribution in [2.45, 2.75) is 6.92 Å². The predicted octanol–water partition coefficient (Wildman–Crippen LogP) is 2.49. The van der Waals surface area contributed by atoms with E-state index in [-0.39, 0.29) is 11.8 Å². The summed E-state index contributed by atoms with van der Waals surface area (Å²) in [7, 11) is 0. The van der Waals surface area contributed by atoms with E-state index in [0.717, 1.165) is 5.56 Å². The van der Waals surface area contributed by atoms with E-state index in [1.807, 2.05) is 19.1 Å². The van der Waals surface area contributed by atoms with Gasteiger partial charge in [-0.3, -0.25) is 9.78 Å². The van der Waals surface area contributed by atoms with Crippen LogP contribution >= 0.6 is 0 Å². The van der Waals surface area contributed by atoms with Gasteiger partial charge < -0.3 is 19.0 Å². The fourth-order valence-corrected chi connectivity index (χ4v) is 2.98. The molecule has 1 saturated heterocycles.